The second-order valence-corrected chi connectivity index (χ2v) is 6.35. The van der Waals surface area contributed by atoms with Crippen molar-refractivity contribution < 1.29 is 13.6 Å². The van der Waals surface area contributed by atoms with Crippen LogP contribution in [0.25, 0.3) is 22.7 Å². The van der Waals surface area contributed by atoms with E-state index in [9.17, 15) is 9.18 Å². The van der Waals surface area contributed by atoms with E-state index in [2.05, 4.69) is 15.5 Å². The number of amides is 1. The number of aryl methyl sites for hydroxylation is 2. The third-order valence-corrected chi connectivity index (χ3v) is 4.39. The maximum atomic E-state index is 13.1. The topological polar surface area (TPSA) is 77.9 Å². The van der Waals surface area contributed by atoms with Gasteiger partial charge in [0, 0.05) is 19.7 Å². The third kappa shape index (κ3) is 3.44. The molecule has 142 valence electrons. The minimum Gasteiger partial charge on any atom is -0.463 e. The summed E-state index contributed by atoms with van der Waals surface area (Å²) in [5.74, 6) is 0.124. The molecule has 4 aromatic rings. The van der Waals surface area contributed by atoms with Gasteiger partial charge in [0.25, 0.3) is 5.91 Å². The lowest BCUT2D eigenvalue weighted by Crippen LogP contribution is -2.25. The van der Waals surface area contributed by atoms with Crippen molar-refractivity contribution in [2.75, 3.05) is 0 Å². The molecule has 0 saturated heterocycles. The molecular weight excluding hydrogens is 361 g/mol. The second-order valence-electron chi connectivity index (χ2n) is 6.35. The summed E-state index contributed by atoms with van der Waals surface area (Å²) in [6, 6.07) is 13.2. The number of aromatic nitrogens is 4. The molecule has 0 aliphatic carbocycles. The Morgan fingerprint density at radius 2 is 1.89 bits per heavy atom. The van der Waals surface area contributed by atoms with Crippen LogP contribution in [0.15, 0.2) is 59.2 Å². The first-order chi connectivity index (χ1) is 13.5. The molecule has 0 spiro atoms. The molecule has 0 fully saturated rings. The van der Waals surface area contributed by atoms with Crippen molar-refractivity contribution in [1.82, 2.24) is 24.9 Å². The summed E-state index contributed by atoms with van der Waals surface area (Å²) < 4.78 is 21.7. The van der Waals surface area contributed by atoms with E-state index >= 15 is 0 Å². The van der Waals surface area contributed by atoms with Crippen LogP contribution in [0.5, 0.6) is 0 Å². The van der Waals surface area contributed by atoms with Crippen LogP contribution < -0.4 is 5.32 Å². The highest BCUT2D eigenvalue weighted by Crippen LogP contribution is 2.21. The molecule has 1 aromatic carbocycles. The van der Waals surface area contributed by atoms with Crippen molar-refractivity contribution in [2.45, 2.75) is 6.54 Å². The Bertz CT molecular complexity index is 1110. The van der Waals surface area contributed by atoms with E-state index in [0.29, 0.717) is 22.8 Å². The smallest absolute Gasteiger partial charge is 0.269 e. The molecule has 7 nitrogen and oxygen atoms in total. The van der Waals surface area contributed by atoms with Gasteiger partial charge in [-0.2, -0.15) is 10.2 Å². The van der Waals surface area contributed by atoms with Gasteiger partial charge in [-0.05, 0) is 48.5 Å². The van der Waals surface area contributed by atoms with Gasteiger partial charge in [-0.1, -0.05) is 0 Å². The van der Waals surface area contributed by atoms with Gasteiger partial charge in [0.05, 0.1) is 24.2 Å². The molecule has 0 saturated carbocycles. The Kier molecular flexibility index (Phi) is 4.52. The Labute approximate surface area is 160 Å². The van der Waals surface area contributed by atoms with E-state index in [0.717, 1.165) is 11.3 Å². The van der Waals surface area contributed by atoms with Crippen molar-refractivity contribution >= 4 is 5.91 Å². The molecule has 0 bridgehead atoms. The van der Waals surface area contributed by atoms with E-state index in [1.807, 2.05) is 25.2 Å². The SMILES string of the molecule is Cn1nc(-c2ccc(F)cc2)cc1C(=O)NCc1cc(-c2ccco2)n(C)n1. The van der Waals surface area contributed by atoms with Crippen LogP contribution in [0.3, 0.4) is 0 Å². The van der Waals surface area contributed by atoms with Crippen molar-refractivity contribution in [3.63, 3.8) is 0 Å². The van der Waals surface area contributed by atoms with Crippen molar-refractivity contribution in [2.24, 2.45) is 14.1 Å². The summed E-state index contributed by atoms with van der Waals surface area (Å²) in [5.41, 5.74) is 3.28. The molecule has 0 radical (unpaired) electrons. The number of nitrogens with zero attached hydrogens (tertiary/aromatic N) is 4. The van der Waals surface area contributed by atoms with E-state index in [-0.39, 0.29) is 18.3 Å². The van der Waals surface area contributed by atoms with Gasteiger partial charge in [0.2, 0.25) is 0 Å². The first kappa shape index (κ1) is 17.7. The normalized spacial score (nSPS) is 11.0. The van der Waals surface area contributed by atoms with Crippen LogP contribution in [0.4, 0.5) is 4.39 Å². The van der Waals surface area contributed by atoms with Gasteiger partial charge >= 0.3 is 0 Å². The lowest BCUT2D eigenvalue weighted by molar-refractivity contribution is 0.0941. The highest BCUT2D eigenvalue weighted by molar-refractivity contribution is 5.93. The number of furan rings is 1. The highest BCUT2D eigenvalue weighted by atomic mass is 19.1. The molecule has 1 N–H and O–H groups in total. The number of halogens is 1. The van der Waals surface area contributed by atoms with Crippen LogP contribution in [-0.4, -0.2) is 25.5 Å². The lowest BCUT2D eigenvalue weighted by atomic mass is 10.1. The van der Waals surface area contributed by atoms with Crippen LogP contribution >= 0.6 is 0 Å². The second kappa shape index (κ2) is 7.15. The Morgan fingerprint density at radius 3 is 2.61 bits per heavy atom. The first-order valence-corrected chi connectivity index (χ1v) is 8.66. The fraction of sp³-hybridized carbons (Fsp3) is 0.150. The quantitative estimate of drug-likeness (QED) is 0.578. The minimum absolute atomic E-state index is 0.268. The molecule has 8 heteroatoms. The van der Waals surface area contributed by atoms with Crippen molar-refractivity contribution in [3.05, 3.63) is 72.0 Å². The highest BCUT2D eigenvalue weighted by Gasteiger charge is 2.16. The average Bonchev–Trinajstić information content (AvgIpc) is 3.40. The van der Waals surface area contributed by atoms with Crippen LogP contribution in [-0.2, 0) is 20.6 Å². The van der Waals surface area contributed by atoms with Gasteiger partial charge in [-0.3, -0.25) is 14.2 Å². The monoisotopic (exact) mass is 379 g/mol. The Hall–Kier alpha value is -3.68. The van der Waals surface area contributed by atoms with Crippen molar-refractivity contribution in [1.29, 1.82) is 0 Å². The molecule has 0 aliphatic rings. The van der Waals surface area contributed by atoms with E-state index < -0.39 is 0 Å². The molecule has 3 aromatic heterocycles. The number of carbonyl (C=O) groups is 1. The number of nitrogens with one attached hydrogen (secondary N) is 1. The van der Waals surface area contributed by atoms with Gasteiger partial charge in [-0.15, -0.1) is 0 Å². The Morgan fingerprint density at radius 1 is 1.11 bits per heavy atom. The van der Waals surface area contributed by atoms with Crippen LogP contribution in [0.2, 0.25) is 0 Å². The number of carbonyl (C=O) groups excluding carboxylic acids is 1. The largest absolute Gasteiger partial charge is 0.463 e. The maximum absolute atomic E-state index is 13.1. The fourth-order valence-corrected chi connectivity index (χ4v) is 2.97. The van der Waals surface area contributed by atoms with E-state index in [1.54, 1.807) is 36.2 Å². The minimum atomic E-state index is -0.318. The lowest BCUT2D eigenvalue weighted by Gasteiger charge is -2.02. The molecule has 3 heterocycles. The van der Waals surface area contributed by atoms with Gasteiger partial charge in [0.1, 0.15) is 17.2 Å². The number of hydrogen-bond acceptors (Lipinski definition) is 4. The van der Waals surface area contributed by atoms with Gasteiger partial charge < -0.3 is 9.73 Å². The number of hydrogen-bond donors (Lipinski definition) is 1. The average molecular weight is 379 g/mol. The number of benzene rings is 1. The predicted octanol–water partition coefficient (Wildman–Crippen LogP) is 3.15. The maximum Gasteiger partial charge on any atom is 0.269 e. The van der Waals surface area contributed by atoms with Gasteiger partial charge in [0.15, 0.2) is 5.76 Å². The van der Waals surface area contributed by atoms with Crippen molar-refractivity contribution in [3.8, 4) is 22.7 Å². The molecule has 28 heavy (non-hydrogen) atoms. The van der Waals surface area contributed by atoms with Crippen LogP contribution in [0, 0.1) is 5.82 Å². The predicted molar refractivity (Wildman–Crippen MR) is 101 cm³/mol. The molecule has 0 unspecified atom stereocenters. The standard InChI is InChI=1S/C20H18FN5O2/c1-25-17(19-4-3-9-28-19)10-15(23-25)12-22-20(27)18-11-16(24-26(18)2)13-5-7-14(21)8-6-13/h3-11H,12H2,1-2H3,(H,22,27). The summed E-state index contributed by atoms with van der Waals surface area (Å²) >= 11 is 0. The zero-order chi connectivity index (χ0) is 19.7. The summed E-state index contributed by atoms with van der Waals surface area (Å²) in [5, 5.41) is 11.6. The molecule has 4 rings (SSSR count). The number of rotatable bonds is 5. The van der Waals surface area contributed by atoms with Crippen LogP contribution in [0.1, 0.15) is 16.2 Å². The summed E-state index contributed by atoms with van der Waals surface area (Å²) in [6.07, 6.45) is 1.60. The summed E-state index contributed by atoms with van der Waals surface area (Å²) in [7, 11) is 3.51. The zero-order valence-electron chi connectivity index (χ0n) is 15.4. The van der Waals surface area contributed by atoms with E-state index in [4.69, 9.17) is 4.42 Å². The molecular formula is C20H18FN5O2. The van der Waals surface area contributed by atoms with E-state index in [1.165, 1.54) is 16.8 Å². The first-order valence-electron chi connectivity index (χ1n) is 8.66. The molecule has 0 atom stereocenters. The molecule has 1 amide bonds. The Balaban J connectivity index is 1.47. The summed E-state index contributed by atoms with van der Waals surface area (Å²) in [4.78, 5) is 12.6. The third-order valence-electron chi connectivity index (χ3n) is 4.39. The van der Waals surface area contributed by atoms with Gasteiger partial charge in [-0.25, -0.2) is 4.39 Å². The fourth-order valence-electron chi connectivity index (χ4n) is 2.97. The zero-order valence-corrected chi connectivity index (χ0v) is 15.4. The molecule has 0 aliphatic heterocycles. The summed E-state index contributed by atoms with van der Waals surface area (Å²) in [6.45, 7) is 0.268.